The minimum absolute atomic E-state index is 0.0877. The molecule has 3 rings (SSSR count). The first-order valence-corrected chi connectivity index (χ1v) is 6.31. The summed E-state index contributed by atoms with van der Waals surface area (Å²) in [6.07, 6.45) is 4.37. The number of aromatic nitrogens is 3. The number of aliphatic hydroxyl groups excluding tert-OH is 1. The zero-order valence-corrected chi connectivity index (χ0v) is 10.1. The first-order chi connectivity index (χ1) is 8.78. The van der Waals surface area contributed by atoms with E-state index in [0.717, 1.165) is 19.3 Å². The summed E-state index contributed by atoms with van der Waals surface area (Å²) in [5.41, 5.74) is 3.81. The van der Waals surface area contributed by atoms with Crippen LogP contribution < -0.4 is 4.85 Å². The van der Waals surface area contributed by atoms with E-state index in [1.807, 2.05) is 12.1 Å². The molecule has 0 atom stereocenters. The van der Waals surface area contributed by atoms with Crippen LogP contribution in [0, 0.1) is 5.21 Å². The zero-order valence-electron chi connectivity index (χ0n) is 10.1. The van der Waals surface area contributed by atoms with Crippen molar-refractivity contribution in [3.05, 3.63) is 34.3 Å². The minimum Gasteiger partial charge on any atom is -0.594 e. The smallest absolute Gasteiger partial charge is 0.270 e. The molecule has 94 valence electrons. The van der Waals surface area contributed by atoms with Crippen LogP contribution in [0.4, 0.5) is 0 Å². The van der Waals surface area contributed by atoms with Crippen LogP contribution in [0.2, 0.25) is 0 Å². The largest absolute Gasteiger partial charge is 0.594 e. The first kappa shape index (κ1) is 11.3. The number of hydrogen-bond donors (Lipinski definition) is 1. The van der Waals surface area contributed by atoms with Crippen molar-refractivity contribution in [1.29, 1.82) is 0 Å². The van der Waals surface area contributed by atoms with E-state index in [4.69, 9.17) is 5.11 Å². The number of benzene rings is 1. The van der Waals surface area contributed by atoms with Gasteiger partial charge in [-0.1, -0.05) is 0 Å². The molecule has 0 fully saturated rings. The summed E-state index contributed by atoms with van der Waals surface area (Å²) in [5, 5.41) is 24.6. The van der Waals surface area contributed by atoms with Crippen LogP contribution in [0.15, 0.2) is 12.1 Å². The first-order valence-electron chi connectivity index (χ1n) is 6.31. The molecule has 1 N–H and O–H groups in total. The number of aliphatic hydroxyl groups is 1. The molecular formula is C13H15N3O2. The molecule has 0 saturated heterocycles. The second-order valence-corrected chi connectivity index (χ2v) is 4.69. The molecule has 0 radical (unpaired) electrons. The monoisotopic (exact) mass is 245 g/mol. The lowest BCUT2D eigenvalue weighted by atomic mass is 10.1. The van der Waals surface area contributed by atoms with Crippen molar-refractivity contribution in [3.63, 3.8) is 0 Å². The summed E-state index contributed by atoms with van der Waals surface area (Å²) >= 11 is 0. The van der Waals surface area contributed by atoms with Crippen LogP contribution in [0.3, 0.4) is 0 Å². The van der Waals surface area contributed by atoms with Crippen LogP contribution >= 0.6 is 0 Å². The Hall–Kier alpha value is -1.75. The van der Waals surface area contributed by atoms with Crippen molar-refractivity contribution < 1.29 is 9.95 Å². The summed E-state index contributed by atoms with van der Waals surface area (Å²) in [7, 11) is 0. The lowest BCUT2D eigenvalue weighted by Crippen LogP contribution is -2.34. The van der Waals surface area contributed by atoms with E-state index in [0.29, 0.717) is 34.5 Å². The minimum atomic E-state index is 0.0877. The third-order valence-corrected chi connectivity index (χ3v) is 3.41. The molecule has 0 saturated carbocycles. The maximum atomic E-state index is 11.9. The van der Waals surface area contributed by atoms with Gasteiger partial charge in [0.1, 0.15) is 5.52 Å². The third kappa shape index (κ3) is 1.90. The Balaban J connectivity index is 2.09. The fraction of sp³-hybridized carbons (Fsp3) is 0.462. The van der Waals surface area contributed by atoms with Crippen molar-refractivity contribution in [2.75, 3.05) is 6.61 Å². The van der Waals surface area contributed by atoms with Crippen LogP contribution in [0.1, 0.15) is 29.8 Å². The van der Waals surface area contributed by atoms with Gasteiger partial charge in [0.25, 0.3) is 5.52 Å². The standard InChI is InChI=1S/C13H15N3O2/c17-6-2-5-13-14-11-7-9-3-1-4-10(9)8-12(11)16(18)15-13/h7-8,17H,1-6H2. The van der Waals surface area contributed by atoms with Gasteiger partial charge < -0.3 is 10.3 Å². The summed E-state index contributed by atoms with van der Waals surface area (Å²) in [6, 6.07) is 3.93. The Labute approximate surface area is 105 Å². The van der Waals surface area contributed by atoms with E-state index >= 15 is 0 Å². The van der Waals surface area contributed by atoms with Crippen LogP contribution in [-0.4, -0.2) is 21.8 Å². The topological polar surface area (TPSA) is 73.0 Å². The van der Waals surface area contributed by atoms with Crippen LogP contribution in [0.25, 0.3) is 11.0 Å². The lowest BCUT2D eigenvalue weighted by Gasteiger charge is -2.04. The molecule has 1 aromatic heterocycles. The molecule has 5 heteroatoms. The predicted octanol–water partition coefficient (Wildman–Crippen LogP) is 0.677. The molecule has 1 aliphatic rings. The van der Waals surface area contributed by atoms with Crippen LogP contribution in [0.5, 0.6) is 0 Å². The Morgan fingerprint density at radius 3 is 2.83 bits per heavy atom. The zero-order chi connectivity index (χ0) is 12.5. The molecular weight excluding hydrogens is 230 g/mol. The molecule has 0 unspecified atom stereocenters. The summed E-state index contributed by atoms with van der Waals surface area (Å²) in [5.74, 6) is 0.504. The number of aryl methyl sites for hydroxylation is 3. The molecule has 1 heterocycles. The van der Waals surface area contributed by atoms with Crippen molar-refractivity contribution >= 4 is 11.0 Å². The normalized spacial score (nSPS) is 14.1. The Bertz CT molecular complexity index is 598. The van der Waals surface area contributed by atoms with Gasteiger partial charge in [0.05, 0.1) is 0 Å². The Morgan fingerprint density at radius 1 is 1.28 bits per heavy atom. The van der Waals surface area contributed by atoms with Gasteiger partial charge in [0, 0.05) is 24.2 Å². The molecule has 0 amide bonds. The third-order valence-electron chi connectivity index (χ3n) is 3.41. The fourth-order valence-electron chi connectivity index (χ4n) is 2.50. The number of hydrogen-bond acceptors (Lipinski definition) is 4. The van der Waals surface area contributed by atoms with Crippen molar-refractivity contribution in [2.45, 2.75) is 32.1 Å². The summed E-state index contributed by atoms with van der Waals surface area (Å²) in [4.78, 5) is 5.07. The van der Waals surface area contributed by atoms with Gasteiger partial charge in [0.15, 0.2) is 5.82 Å². The summed E-state index contributed by atoms with van der Waals surface area (Å²) in [6.45, 7) is 0.0877. The number of nitrogens with zero attached hydrogens (tertiary/aromatic N) is 3. The van der Waals surface area contributed by atoms with Gasteiger partial charge in [-0.05, 0) is 47.7 Å². The molecule has 0 bridgehead atoms. The highest BCUT2D eigenvalue weighted by Crippen LogP contribution is 2.24. The predicted molar refractivity (Wildman–Crippen MR) is 65.9 cm³/mol. The molecule has 0 spiro atoms. The average Bonchev–Trinajstić information content (AvgIpc) is 2.81. The highest BCUT2D eigenvalue weighted by Gasteiger charge is 2.17. The van der Waals surface area contributed by atoms with Gasteiger partial charge in [-0.15, -0.1) is 0 Å². The second-order valence-electron chi connectivity index (χ2n) is 4.69. The molecule has 5 nitrogen and oxygen atoms in total. The second kappa shape index (κ2) is 4.49. The van der Waals surface area contributed by atoms with Gasteiger partial charge in [0.2, 0.25) is 0 Å². The molecule has 18 heavy (non-hydrogen) atoms. The number of fused-ring (bicyclic) bond motifs is 2. The van der Waals surface area contributed by atoms with Gasteiger partial charge in [-0.3, -0.25) is 0 Å². The molecule has 1 aliphatic carbocycles. The Morgan fingerprint density at radius 2 is 2.06 bits per heavy atom. The van der Waals surface area contributed by atoms with Gasteiger partial charge in [-0.2, -0.15) is 0 Å². The van der Waals surface area contributed by atoms with E-state index in [1.54, 1.807) is 0 Å². The van der Waals surface area contributed by atoms with Crippen molar-refractivity contribution in [1.82, 2.24) is 10.1 Å². The molecule has 1 aromatic carbocycles. The van der Waals surface area contributed by atoms with Crippen molar-refractivity contribution in [3.8, 4) is 0 Å². The van der Waals surface area contributed by atoms with E-state index < -0.39 is 0 Å². The van der Waals surface area contributed by atoms with Gasteiger partial charge in [-0.25, -0.2) is 4.98 Å². The highest BCUT2D eigenvalue weighted by molar-refractivity contribution is 5.73. The van der Waals surface area contributed by atoms with E-state index in [-0.39, 0.29) is 6.61 Å². The maximum Gasteiger partial charge on any atom is 0.270 e. The average molecular weight is 245 g/mol. The van der Waals surface area contributed by atoms with E-state index in [9.17, 15) is 5.21 Å². The molecule has 2 aromatic rings. The Kier molecular flexibility index (Phi) is 2.83. The van der Waals surface area contributed by atoms with Crippen molar-refractivity contribution in [2.24, 2.45) is 0 Å². The van der Waals surface area contributed by atoms with Gasteiger partial charge >= 0.3 is 0 Å². The lowest BCUT2D eigenvalue weighted by molar-refractivity contribution is -0.644. The fourth-order valence-corrected chi connectivity index (χ4v) is 2.50. The van der Waals surface area contributed by atoms with E-state index in [1.165, 1.54) is 11.1 Å². The van der Waals surface area contributed by atoms with E-state index in [2.05, 4.69) is 10.1 Å². The SMILES string of the molecule is [O-][n+]1nc(CCCO)nc2cc3c(cc21)CCC3. The summed E-state index contributed by atoms with van der Waals surface area (Å²) < 4.78 is 0. The number of rotatable bonds is 3. The maximum absolute atomic E-state index is 11.9. The van der Waals surface area contributed by atoms with Crippen LogP contribution in [-0.2, 0) is 19.3 Å². The highest BCUT2D eigenvalue weighted by atomic mass is 16.5. The quantitative estimate of drug-likeness (QED) is 0.637. The molecule has 0 aliphatic heterocycles.